The van der Waals surface area contributed by atoms with Gasteiger partial charge in [0.15, 0.2) is 0 Å². The van der Waals surface area contributed by atoms with Crippen molar-refractivity contribution in [1.29, 1.82) is 0 Å². The lowest BCUT2D eigenvalue weighted by molar-refractivity contribution is 0.126. The molecule has 266 valence electrons. The highest BCUT2D eigenvalue weighted by Gasteiger charge is 2.38. The van der Waals surface area contributed by atoms with Gasteiger partial charge in [0.1, 0.15) is 11.2 Å². The van der Waals surface area contributed by atoms with Gasteiger partial charge in [-0.1, -0.05) is 119 Å². The Morgan fingerprint density at radius 2 is 0.685 bits per heavy atom. The summed E-state index contributed by atoms with van der Waals surface area (Å²) >= 11 is 6.91. The summed E-state index contributed by atoms with van der Waals surface area (Å²) in [5, 5.41) is 32.2. The Kier molecular flexibility index (Phi) is 8.81. The molecule has 9 rings (SSSR count). The summed E-state index contributed by atoms with van der Waals surface area (Å²) in [5.74, 6) is 0. The normalized spacial score (nSPS) is 12.3. The van der Waals surface area contributed by atoms with Crippen molar-refractivity contribution in [1.82, 2.24) is 0 Å². The number of benzene rings is 5. The van der Waals surface area contributed by atoms with Crippen LogP contribution in [0.5, 0.6) is 0 Å². The maximum Gasteiger partial charge on any atom is 0.142 e. The molecule has 0 spiro atoms. The Hall–Kier alpha value is -4.66. The first-order chi connectivity index (χ1) is 26.1. The van der Waals surface area contributed by atoms with Gasteiger partial charge in [-0.3, -0.25) is 0 Å². The van der Waals surface area contributed by atoms with Crippen LogP contribution in [0.15, 0.2) is 144 Å². The largest absolute Gasteiger partial charge is 0.376 e. The topological polar surface area (TPSA) is 40.5 Å². The maximum atomic E-state index is 12.8. The summed E-state index contributed by atoms with van der Waals surface area (Å²) in [5.41, 5.74) is 7.25. The van der Waals surface area contributed by atoms with Gasteiger partial charge in [0.2, 0.25) is 0 Å². The highest BCUT2D eigenvalue weighted by atomic mass is 32.1. The fraction of sp³-hybridized carbons (Fsp3) is 0.125. The van der Waals surface area contributed by atoms with E-state index in [0.717, 1.165) is 75.1 Å². The zero-order chi connectivity index (χ0) is 37.2. The molecule has 54 heavy (non-hydrogen) atoms. The standard InChI is InChI=1S/C48H38O2S4/c1-29-5-13-35(14-6-29)47(49,36-15-7-30(2)8-16-36)39-21-23-51-45(39)43-27-33-25-42-34(26-41(33)53-43)28-44(54-42)46-40(22-24-52-46)48(50,37-17-9-31(3)10-18-37)38-19-11-32(4)12-20-38/h5-28,49-50H,1-4H3. The lowest BCUT2D eigenvalue weighted by Gasteiger charge is -2.30. The second kappa shape index (κ2) is 13.6. The fourth-order valence-corrected chi connectivity index (χ4v) is 11.8. The van der Waals surface area contributed by atoms with Gasteiger partial charge in [0, 0.05) is 30.3 Å². The van der Waals surface area contributed by atoms with Gasteiger partial charge in [-0.2, -0.15) is 0 Å². The smallest absolute Gasteiger partial charge is 0.142 e. The number of thiophene rings is 4. The highest BCUT2D eigenvalue weighted by Crippen LogP contribution is 2.50. The molecule has 0 atom stereocenters. The monoisotopic (exact) mass is 774 g/mol. The summed E-state index contributed by atoms with van der Waals surface area (Å²) in [4.78, 5) is 4.46. The third-order valence-electron chi connectivity index (χ3n) is 10.6. The summed E-state index contributed by atoms with van der Waals surface area (Å²) in [6.07, 6.45) is 0. The third kappa shape index (κ3) is 5.89. The maximum absolute atomic E-state index is 12.8. The van der Waals surface area contributed by atoms with Crippen LogP contribution in [0.1, 0.15) is 55.6 Å². The number of hydrogen-bond donors (Lipinski definition) is 2. The van der Waals surface area contributed by atoms with E-state index in [0.29, 0.717) is 0 Å². The summed E-state index contributed by atoms with van der Waals surface area (Å²) in [6.45, 7) is 8.30. The highest BCUT2D eigenvalue weighted by molar-refractivity contribution is 7.27. The molecule has 0 bridgehead atoms. The lowest BCUT2D eigenvalue weighted by atomic mass is 9.80. The minimum atomic E-state index is -1.31. The van der Waals surface area contributed by atoms with Crippen molar-refractivity contribution in [3.05, 3.63) is 200 Å². The van der Waals surface area contributed by atoms with Crippen LogP contribution in [0, 0.1) is 27.7 Å². The van der Waals surface area contributed by atoms with Crippen molar-refractivity contribution in [3.63, 3.8) is 0 Å². The quantitative estimate of drug-likeness (QED) is 0.161. The number of aryl methyl sites for hydroxylation is 4. The molecule has 4 heterocycles. The van der Waals surface area contributed by atoms with E-state index < -0.39 is 11.2 Å². The van der Waals surface area contributed by atoms with Crippen LogP contribution in [0.4, 0.5) is 0 Å². The molecule has 0 fully saturated rings. The second-order valence-corrected chi connectivity index (χ2v) is 18.4. The molecule has 0 saturated carbocycles. The van der Waals surface area contributed by atoms with E-state index in [4.69, 9.17) is 0 Å². The summed E-state index contributed by atoms with van der Waals surface area (Å²) < 4.78 is 2.41. The summed E-state index contributed by atoms with van der Waals surface area (Å²) in [7, 11) is 0. The van der Waals surface area contributed by atoms with Gasteiger partial charge < -0.3 is 10.2 Å². The molecule has 0 aliphatic heterocycles. The number of fused-ring (bicyclic) bond motifs is 2. The van der Waals surface area contributed by atoms with Crippen LogP contribution in [0.2, 0.25) is 0 Å². The van der Waals surface area contributed by atoms with Crippen LogP contribution in [0.25, 0.3) is 39.7 Å². The molecular formula is C48H38O2S4. The van der Waals surface area contributed by atoms with E-state index in [1.54, 1.807) is 45.3 Å². The zero-order valence-corrected chi connectivity index (χ0v) is 33.6. The minimum Gasteiger partial charge on any atom is -0.376 e. The first kappa shape index (κ1) is 35.1. The first-order valence-corrected chi connectivity index (χ1v) is 21.4. The Balaban J connectivity index is 1.12. The van der Waals surface area contributed by atoms with E-state index in [1.165, 1.54) is 20.2 Å². The molecule has 2 nitrogen and oxygen atoms in total. The molecule has 0 amide bonds. The molecule has 4 aromatic heterocycles. The first-order valence-electron chi connectivity index (χ1n) is 18.0. The fourth-order valence-electron chi connectivity index (χ4n) is 7.50. The van der Waals surface area contributed by atoms with E-state index in [1.807, 2.05) is 0 Å². The predicted molar refractivity (Wildman–Crippen MR) is 233 cm³/mol. The van der Waals surface area contributed by atoms with Gasteiger partial charge in [0.05, 0.1) is 9.75 Å². The molecule has 0 unspecified atom stereocenters. The van der Waals surface area contributed by atoms with Crippen molar-refractivity contribution in [3.8, 4) is 19.5 Å². The van der Waals surface area contributed by atoms with Gasteiger partial charge in [-0.15, -0.1) is 45.3 Å². The van der Waals surface area contributed by atoms with Crippen molar-refractivity contribution < 1.29 is 10.2 Å². The van der Waals surface area contributed by atoms with Crippen LogP contribution < -0.4 is 0 Å². The second-order valence-electron chi connectivity index (χ2n) is 14.4. The van der Waals surface area contributed by atoms with Crippen molar-refractivity contribution in [2.45, 2.75) is 38.9 Å². The van der Waals surface area contributed by atoms with Crippen LogP contribution >= 0.6 is 45.3 Å². The van der Waals surface area contributed by atoms with Crippen molar-refractivity contribution in [2.75, 3.05) is 0 Å². The Morgan fingerprint density at radius 1 is 0.389 bits per heavy atom. The average molecular weight is 775 g/mol. The Bertz CT molecular complexity index is 2430. The van der Waals surface area contributed by atoms with Crippen LogP contribution in [-0.4, -0.2) is 10.2 Å². The van der Waals surface area contributed by atoms with E-state index in [-0.39, 0.29) is 0 Å². The molecule has 9 aromatic rings. The zero-order valence-electron chi connectivity index (χ0n) is 30.4. The molecule has 6 heteroatoms. The van der Waals surface area contributed by atoms with Gasteiger partial charge >= 0.3 is 0 Å². The summed E-state index contributed by atoms with van der Waals surface area (Å²) in [6, 6.07) is 46.3. The molecular weight excluding hydrogens is 737 g/mol. The van der Waals surface area contributed by atoms with Gasteiger partial charge in [-0.25, -0.2) is 0 Å². The molecule has 0 aliphatic carbocycles. The molecule has 0 aliphatic rings. The molecule has 5 aromatic carbocycles. The number of rotatable bonds is 8. The Morgan fingerprint density at radius 3 is 0.981 bits per heavy atom. The molecule has 2 N–H and O–H groups in total. The third-order valence-corrected chi connectivity index (χ3v) is 15.0. The number of hydrogen-bond acceptors (Lipinski definition) is 6. The molecule has 0 saturated heterocycles. The average Bonchev–Trinajstić information content (AvgIpc) is 4.00. The van der Waals surface area contributed by atoms with Gasteiger partial charge in [-0.05, 0) is 108 Å². The minimum absolute atomic E-state index is 0.857. The van der Waals surface area contributed by atoms with Crippen LogP contribution in [0.3, 0.4) is 0 Å². The van der Waals surface area contributed by atoms with Crippen molar-refractivity contribution in [2.24, 2.45) is 0 Å². The SMILES string of the molecule is Cc1ccc(C(O)(c2ccc(C)cc2)c2ccsc2-c2cc3cc4sc(-c5sccc5C(O)(c5ccc(C)cc5)c5ccc(C)cc5)cc4cc3s2)cc1. The van der Waals surface area contributed by atoms with E-state index in [2.05, 4.69) is 172 Å². The van der Waals surface area contributed by atoms with E-state index >= 15 is 0 Å². The van der Waals surface area contributed by atoms with Crippen LogP contribution in [-0.2, 0) is 11.2 Å². The lowest BCUT2D eigenvalue weighted by Crippen LogP contribution is -2.29. The Labute approximate surface area is 331 Å². The predicted octanol–water partition coefficient (Wildman–Crippen LogP) is 13.4. The molecule has 0 radical (unpaired) electrons. The van der Waals surface area contributed by atoms with Crippen molar-refractivity contribution >= 4 is 65.5 Å². The van der Waals surface area contributed by atoms with E-state index in [9.17, 15) is 10.2 Å². The number of aliphatic hydroxyl groups is 2. The van der Waals surface area contributed by atoms with Gasteiger partial charge in [0.25, 0.3) is 0 Å².